The Morgan fingerprint density at radius 3 is 2.60 bits per heavy atom. The zero-order valence-electron chi connectivity index (χ0n) is 12.1. The van der Waals surface area contributed by atoms with Crippen LogP contribution in [0.5, 0.6) is 0 Å². The molecule has 0 radical (unpaired) electrons. The zero-order chi connectivity index (χ0) is 15.1. The second-order valence-corrected chi connectivity index (χ2v) is 7.48. The molecule has 20 heavy (non-hydrogen) atoms. The molecule has 0 bridgehead atoms. The third kappa shape index (κ3) is 2.76. The first-order chi connectivity index (χ1) is 9.21. The second kappa shape index (κ2) is 5.26. The molecule has 3 nitrogen and oxygen atoms in total. The lowest BCUT2D eigenvalue weighted by Gasteiger charge is -2.27. The highest BCUT2D eigenvalue weighted by molar-refractivity contribution is 7.21. The molecular formula is C15H19ClN2OS. The lowest BCUT2D eigenvalue weighted by atomic mass is 9.88. The average Bonchev–Trinajstić information content (AvgIpc) is 2.67. The molecule has 1 aromatic heterocycles. The summed E-state index contributed by atoms with van der Waals surface area (Å²) in [6.45, 7) is 8.25. The van der Waals surface area contributed by atoms with Gasteiger partial charge in [0.15, 0.2) is 0 Å². The van der Waals surface area contributed by atoms with Crippen LogP contribution < -0.4 is 11.1 Å². The number of nitrogens with two attached hydrogens (primary N) is 1. The van der Waals surface area contributed by atoms with Gasteiger partial charge in [0.05, 0.1) is 10.7 Å². The molecule has 0 aliphatic rings. The van der Waals surface area contributed by atoms with Crippen LogP contribution in [-0.2, 0) is 0 Å². The molecule has 0 aliphatic carbocycles. The molecule has 0 aliphatic heterocycles. The van der Waals surface area contributed by atoms with E-state index in [1.807, 2.05) is 19.1 Å². The molecule has 1 heterocycles. The predicted molar refractivity (Wildman–Crippen MR) is 87.6 cm³/mol. The van der Waals surface area contributed by atoms with Crippen molar-refractivity contribution in [1.29, 1.82) is 0 Å². The number of thiophene rings is 1. The molecule has 1 atom stereocenters. The number of nitrogens with one attached hydrogen (secondary N) is 1. The Morgan fingerprint density at radius 1 is 1.40 bits per heavy atom. The molecule has 0 saturated carbocycles. The number of fused-ring (bicyclic) bond motifs is 1. The fourth-order valence-electron chi connectivity index (χ4n) is 1.78. The third-order valence-corrected chi connectivity index (χ3v) is 5.04. The maximum atomic E-state index is 12.4. The van der Waals surface area contributed by atoms with E-state index in [1.54, 1.807) is 6.07 Å². The van der Waals surface area contributed by atoms with E-state index in [9.17, 15) is 4.79 Å². The van der Waals surface area contributed by atoms with E-state index >= 15 is 0 Å². The van der Waals surface area contributed by atoms with Crippen LogP contribution in [0, 0.1) is 5.41 Å². The van der Waals surface area contributed by atoms with Gasteiger partial charge in [-0.1, -0.05) is 38.4 Å². The van der Waals surface area contributed by atoms with Crippen molar-refractivity contribution in [2.24, 2.45) is 5.41 Å². The molecule has 1 unspecified atom stereocenters. The van der Waals surface area contributed by atoms with Gasteiger partial charge < -0.3 is 11.1 Å². The summed E-state index contributed by atoms with van der Waals surface area (Å²) in [5, 5.41) is 4.36. The van der Waals surface area contributed by atoms with Crippen LogP contribution in [0.2, 0.25) is 5.02 Å². The Bertz CT molecular complexity index is 658. The van der Waals surface area contributed by atoms with Crippen molar-refractivity contribution >= 4 is 44.6 Å². The van der Waals surface area contributed by atoms with Gasteiger partial charge in [0.2, 0.25) is 0 Å². The van der Waals surface area contributed by atoms with Gasteiger partial charge >= 0.3 is 0 Å². The standard InChI is InChI=1S/C15H19ClN2OS/c1-8(15(2,3)4)18-14(19)13-12(17)11-9(16)6-5-7-10(11)20-13/h5-8H,17H2,1-4H3,(H,18,19). The van der Waals surface area contributed by atoms with Gasteiger partial charge in [-0.25, -0.2) is 0 Å². The number of amides is 1. The van der Waals surface area contributed by atoms with E-state index in [0.717, 1.165) is 10.1 Å². The van der Waals surface area contributed by atoms with Gasteiger partial charge in [0, 0.05) is 16.1 Å². The molecule has 2 rings (SSSR count). The smallest absolute Gasteiger partial charge is 0.263 e. The largest absolute Gasteiger partial charge is 0.397 e. The first-order valence-electron chi connectivity index (χ1n) is 6.49. The summed E-state index contributed by atoms with van der Waals surface area (Å²) >= 11 is 7.53. The van der Waals surface area contributed by atoms with E-state index in [2.05, 4.69) is 26.1 Å². The molecule has 5 heteroatoms. The number of halogens is 1. The predicted octanol–water partition coefficient (Wildman–Crippen LogP) is 4.30. The van der Waals surface area contributed by atoms with Gasteiger partial charge in [0.1, 0.15) is 4.88 Å². The van der Waals surface area contributed by atoms with E-state index in [0.29, 0.717) is 15.6 Å². The molecule has 0 spiro atoms. The molecule has 0 fully saturated rings. The lowest BCUT2D eigenvalue weighted by molar-refractivity contribution is 0.0915. The van der Waals surface area contributed by atoms with Crippen LogP contribution >= 0.6 is 22.9 Å². The van der Waals surface area contributed by atoms with Crippen LogP contribution in [0.4, 0.5) is 5.69 Å². The van der Waals surface area contributed by atoms with Crippen LogP contribution in [0.15, 0.2) is 18.2 Å². The van der Waals surface area contributed by atoms with Crippen molar-refractivity contribution < 1.29 is 4.79 Å². The highest BCUT2D eigenvalue weighted by atomic mass is 35.5. The van der Waals surface area contributed by atoms with Gasteiger partial charge in [-0.2, -0.15) is 0 Å². The molecule has 3 N–H and O–H groups in total. The van der Waals surface area contributed by atoms with Crippen LogP contribution in [0.25, 0.3) is 10.1 Å². The van der Waals surface area contributed by atoms with Crippen molar-refractivity contribution in [2.45, 2.75) is 33.7 Å². The fraction of sp³-hybridized carbons (Fsp3) is 0.400. The second-order valence-electron chi connectivity index (χ2n) is 6.02. The number of rotatable bonds is 2. The first kappa shape index (κ1) is 15.1. The van der Waals surface area contributed by atoms with Crippen molar-refractivity contribution in [3.05, 3.63) is 28.1 Å². The van der Waals surface area contributed by atoms with Gasteiger partial charge in [-0.05, 0) is 24.5 Å². The summed E-state index contributed by atoms with van der Waals surface area (Å²) in [6.07, 6.45) is 0. The van der Waals surface area contributed by atoms with E-state index in [1.165, 1.54) is 11.3 Å². The van der Waals surface area contributed by atoms with Crippen molar-refractivity contribution in [3.63, 3.8) is 0 Å². The lowest BCUT2D eigenvalue weighted by Crippen LogP contribution is -2.41. The van der Waals surface area contributed by atoms with Crippen LogP contribution in [0.1, 0.15) is 37.4 Å². The van der Waals surface area contributed by atoms with Crippen LogP contribution in [-0.4, -0.2) is 11.9 Å². The number of hydrogen-bond donors (Lipinski definition) is 2. The Labute approximate surface area is 128 Å². The SMILES string of the molecule is CC(NC(=O)c1sc2cccc(Cl)c2c1N)C(C)(C)C. The number of carbonyl (C=O) groups excluding carboxylic acids is 1. The van der Waals surface area contributed by atoms with Crippen molar-refractivity contribution in [3.8, 4) is 0 Å². The molecule has 2 aromatic rings. The van der Waals surface area contributed by atoms with Crippen molar-refractivity contribution in [2.75, 3.05) is 5.73 Å². The van der Waals surface area contributed by atoms with Gasteiger partial charge in [0.25, 0.3) is 5.91 Å². The number of anilines is 1. The highest BCUT2D eigenvalue weighted by Crippen LogP contribution is 2.38. The Morgan fingerprint density at radius 2 is 2.05 bits per heavy atom. The molecule has 1 aromatic carbocycles. The maximum Gasteiger partial charge on any atom is 0.263 e. The Balaban J connectivity index is 2.37. The molecule has 108 valence electrons. The Hall–Kier alpha value is -1.26. The average molecular weight is 311 g/mol. The minimum atomic E-state index is -0.137. The summed E-state index contributed by atoms with van der Waals surface area (Å²) in [7, 11) is 0. The molecular weight excluding hydrogens is 292 g/mol. The minimum absolute atomic E-state index is 0.00124. The topological polar surface area (TPSA) is 55.1 Å². The summed E-state index contributed by atoms with van der Waals surface area (Å²) in [6, 6.07) is 5.62. The normalized spacial score (nSPS) is 13.4. The number of benzene rings is 1. The van der Waals surface area contributed by atoms with Crippen molar-refractivity contribution in [1.82, 2.24) is 5.32 Å². The minimum Gasteiger partial charge on any atom is -0.397 e. The maximum absolute atomic E-state index is 12.4. The third-order valence-electron chi connectivity index (χ3n) is 3.55. The quantitative estimate of drug-likeness (QED) is 0.868. The number of hydrogen-bond acceptors (Lipinski definition) is 3. The molecule has 0 saturated heterocycles. The summed E-state index contributed by atoms with van der Waals surface area (Å²) in [5.74, 6) is -0.137. The highest BCUT2D eigenvalue weighted by Gasteiger charge is 2.24. The number of nitrogen functional groups attached to an aromatic ring is 1. The monoisotopic (exact) mass is 310 g/mol. The van der Waals surface area contributed by atoms with E-state index < -0.39 is 0 Å². The summed E-state index contributed by atoms with van der Waals surface area (Å²) < 4.78 is 0.934. The zero-order valence-corrected chi connectivity index (χ0v) is 13.7. The summed E-state index contributed by atoms with van der Waals surface area (Å²) in [4.78, 5) is 12.9. The van der Waals surface area contributed by atoms with E-state index in [-0.39, 0.29) is 17.4 Å². The van der Waals surface area contributed by atoms with Gasteiger partial charge in [-0.3, -0.25) is 4.79 Å². The molecule has 1 amide bonds. The van der Waals surface area contributed by atoms with Crippen LogP contribution in [0.3, 0.4) is 0 Å². The summed E-state index contributed by atoms with van der Waals surface area (Å²) in [5.41, 5.74) is 6.56. The fourth-order valence-corrected chi connectivity index (χ4v) is 3.16. The van der Waals surface area contributed by atoms with Gasteiger partial charge in [-0.15, -0.1) is 11.3 Å². The number of carbonyl (C=O) groups is 1. The Kier molecular flexibility index (Phi) is 3.98. The van der Waals surface area contributed by atoms with E-state index in [4.69, 9.17) is 17.3 Å². The first-order valence-corrected chi connectivity index (χ1v) is 7.68.